The van der Waals surface area contributed by atoms with Crippen molar-refractivity contribution >= 4 is 77.7 Å². The van der Waals surface area contributed by atoms with Crippen LogP contribution in [0, 0.1) is 5.92 Å². The Morgan fingerprint density at radius 3 is 1.30 bits per heavy atom. The van der Waals surface area contributed by atoms with E-state index in [0.29, 0.717) is 62.6 Å². The summed E-state index contributed by atoms with van der Waals surface area (Å²) in [6.07, 6.45) is 1.86. The third-order valence-electron chi connectivity index (χ3n) is 13.0. The van der Waals surface area contributed by atoms with Crippen molar-refractivity contribution in [3.8, 4) is 0 Å². The molecule has 2 aromatic carbocycles. The van der Waals surface area contributed by atoms with Crippen molar-refractivity contribution in [3.05, 3.63) is 71.8 Å². The van der Waals surface area contributed by atoms with E-state index in [0.717, 1.165) is 0 Å². The first-order valence-electron chi connectivity index (χ1n) is 27.3. The molecule has 2 rings (SSSR count). The molecule has 81 heavy (non-hydrogen) atoms. The van der Waals surface area contributed by atoms with Crippen LogP contribution in [-0.2, 0) is 65.6 Å². The molecular weight excluding hydrogens is 1070 g/mol. The molecule has 0 saturated carbocycles. The van der Waals surface area contributed by atoms with Crippen LogP contribution in [0.25, 0.3) is 0 Å². The molecule has 0 aliphatic rings. The molecule has 0 bridgehead atoms. The van der Waals surface area contributed by atoms with Crippen molar-refractivity contribution in [1.29, 1.82) is 0 Å². The Labute approximate surface area is 478 Å². The zero-order valence-electron chi connectivity index (χ0n) is 46.3. The van der Waals surface area contributed by atoms with Crippen LogP contribution in [0.2, 0.25) is 0 Å². The first kappa shape index (κ1) is 69.9. The Balaban J connectivity index is 2.41. The summed E-state index contributed by atoms with van der Waals surface area (Å²) in [6, 6.07) is 6.68. The molecule has 0 radical (unpaired) electrons. The number of unbranched alkanes of at least 4 members (excludes halogenated alkanes) is 3. The summed E-state index contributed by atoms with van der Waals surface area (Å²) in [6.45, 7) is 3.06. The summed E-state index contributed by atoms with van der Waals surface area (Å²) in [5.41, 5.74) is 23.9. The monoisotopic (exact) mass is 1160 g/mol. The van der Waals surface area contributed by atoms with Gasteiger partial charge in [-0.1, -0.05) is 80.9 Å². The van der Waals surface area contributed by atoms with E-state index in [1.807, 2.05) is 0 Å². The largest absolute Gasteiger partial charge is 0.481 e. The molecule has 0 aliphatic heterocycles. The number of nitrogens with two attached hydrogens (primary N) is 4. The summed E-state index contributed by atoms with van der Waals surface area (Å²) >= 11 is 3.98. The lowest BCUT2D eigenvalue weighted by Crippen LogP contribution is -2.59. The van der Waals surface area contributed by atoms with E-state index < -0.39 is 145 Å². The minimum absolute atomic E-state index is 0.0245. The molecule has 0 aromatic heterocycles. The van der Waals surface area contributed by atoms with Gasteiger partial charge >= 0.3 is 11.9 Å². The number of hydrogen-bond donors (Lipinski definition) is 16. The Morgan fingerprint density at radius 2 is 0.864 bits per heavy atom. The van der Waals surface area contributed by atoms with Gasteiger partial charge in [0.15, 0.2) is 0 Å². The van der Waals surface area contributed by atoms with Gasteiger partial charge in [0, 0.05) is 25.0 Å². The molecule has 9 atom stereocenters. The van der Waals surface area contributed by atoms with Crippen molar-refractivity contribution < 1.29 is 63.0 Å². The van der Waals surface area contributed by atoms with Crippen LogP contribution in [0.1, 0.15) is 102 Å². The average molecular weight is 1160 g/mol. The molecule has 0 fully saturated rings. The number of carboxylic acid groups (broad SMARTS) is 2. The van der Waals surface area contributed by atoms with Gasteiger partial charge in [-0.05, 0) is 101 Å². The van der Waals surface area contributed by atoms with E-state index in [-0.39, 0.29) is 50.9 Å². The van der Waals surface area contributed by atoms with Crippen LogP contribution in [0.3, 0.4) is 0 Å². The molecule has 26 nitrogen and oxygen atoms in total. The van der Waals surface area contributed by atoms with Crippen LogP contribution in [0.15, 0.2) is 60.7 Å². The van der Waals surface area contributed by atoms with Gasteiger partial charge in [0.05, 0.1) is 19.1 Å². The number of thiol groups is 1. The number of benzene rings is 2. The minimum Gasteiger partial charge on any atom is -0.481 e. The highest BCUT2D eigenvalue weighted by Crippen LogP contribution is 2.13. The molecule has 0 unspecified atom stereocenters. The normalized spacial score (nSPS) is 14.3. The van der Waals surface area contributed by atoms with E-state index in [1.165, 1.54) is 0 Å². The summed E-state index contributed by atoms with van der Waals surface area (Å²) in [5.74, 6) is -10.3. The van der Waals surface area contributed by atoms with Crippen molar-refractivity contribution in [3.63, 3.8) is 0 Å². The van der Waals surface area contributed by atoms with Crippen molar-refractivity contribution in [1.82, 2.24) is 47.9 Å². The predicted octanol–water partition coefficient (Wildman–Crippen LogP) is -2.26. The second kappa shape index (κ2) is 39.2. The summed E-state index contributed by atoms with van der Waals surface area (Å²) in [5, 5.41) is 42.5. The van der Waals surface area contributed by atoms with Gasteiger partial charge in [0.25, 0.3) is 0 Å². The van der Waals surface area contributed by atoms with Crippen LogP contribution in [0.5, 0.6) is 0 Å². The second-order valence-corrected chi connectivity index (χ2v) is 19.9. The minimum atomic E-state index is -1.60. The van der Waals surface area contributed by atoms with E-state index >= 15 is 0 Å². The van der Waals surface area contributed by atoms with Gasteiger partial charge < -0.3 is 81.0 Å². The Hall–Kier alpha value is -7.20. The first-order valence-corrected chi connectivity index (χ1v) is 28.0. The summed E-state index contributed by atoms with van der Waals surface area (Å²) in [4.78, 5) is 147. The van der Waals surface area contributed by atoms with E-state index in [9.17, 15) is 63.0 Å². The van der Waals surface area contributed by atoms with E-state index in [2.05, 4.69) is 60.5 Å². The Morgan fingerprint density at radius 1 is 0.481 bits per heavy atom. The molecule has 2 aromatic rings. The highest BCUT2D eigenvalue weighted by atomic mass is 32.1. The maximum Gasteiger partial charge on any atom is 0.326 e. The first-order chi connectivity index (χ1) is 38.7. The maximum atomic E-state index is 14.4. The van der Waals surface area contributed by atoms with E-state index in [1.54, 1.807) is 74.5 Å². The van der Waals surface area contributed by atoms with Crippen LogP contribution in [-0.4, -0.2) is 162 Å². The molecule has 27 heteroatoms. The lowest BCUT2D eigenvalue weighted by molar-refractivity contribution is -0.142. The topological polar surface area (TPSA) is 441 Å². The smallest absolute Gasteiger partial charge is 0.326 e. The summed E-state index contributed by atoms with van der Waals surface area (Å²) < 4.78 is 0. The van der Waals surface area contributed by atoms with Crippen LogP contribution >= 0.6 is 12.6 Å². The highest BCUT2D eigenvalue weighted by Gasteiger charge is 2.34. The molecule has 0 saturated heterocycles. The SMILES string of the molecule is CC[C@H](C)[C@H](NC(=O)CNC(=O)[C@@H](N)CS)C(=O)N[C@@H](Cc1ccccc1)C(=O)NCC(=O)N[C@@H](CCC(=O)O)C(=O)N[C@@H](Cc1ccccc1)C(=O)N[C@@H](CCCCN)C(=O)N[C@@H](CCCCN)C(=O)N[C@@H](CCCCN)C(=O)O. The molecule has 0 aliphatic carbocycles. The number of carbonyl (C=O) groups is 11. The molecule has 0 heterocycles. The predicted molar refractivity (Wildman–Crippen MR) is 304 cm³/mol. The van der Waals surface area contributed by atoms with Gasteiger partial charge in [-0.15, -0.1) is 0 Å². The molecule has 19 N–H and O–H groups in total. The lowest BCUT2D eigenvalue weighted by atomic mass is 9.97. The molecule has 450 valence electrons. The number of carbonyl (C=O) groups excluding carboxylic acids is 9. The zero-order valence-corrected chi connectivity index (χ0v) is 47.1. The van der Waals surface area contributed by atoms with Gasteiger partial charge in [-0.25, -0.2) is 4.79 Å². The maximum absolute atomic E-state index is 14.4. The van der Waals surface area contributed by atoms with Gasteiger partial charge in [-0.2, -0.15) is 12.6 Å². The number of aliphatic carboxylic acids is 2. The van der Waals surface area contributed by atoms with Gasteiger partial charge in [0.2, 0.25) is 53.2 Å². The fraction of sp³-hybridized carbons (Fsp3) is 0.574. The number of hydrogen-bond acceptors (Lipinski definition) is 16. The number of amides is 9. The fourth-order valence-electron chi connectivity index (χ4n) is 8.12. The van der Waals surface area contributed by atoms with Crippen molar-refractivity contribution in [2.24, 2.45) is 28.9 Å². The summed E-state index contributed by atoms with van der Waals surface area (Å²) in [7, 11) is 0. The highest BCUT2D eigenvalue weighted by molar-refractivity contribution is 7.80. The average Bonchev–Trinajstić information content (AvgIpc) is 3.45. The number of nitrogens with one attached hydrogen (secondary N) is 9. The molecular formula is C54H85N13O13S. The Kier molecular flexibility index (Phi) is 33.9. The van der Waals surface area contributed by atoms with Crippen molar-refractivity contribution in [2.45, 2.75) is 152 Å². The standard InChI is InChI=1S/C54H85N13O13S/c1-3-33(2)46(67-44(69)31-59-47(72)36(58)32-81)53(78)66-41(28-34-16-6-4-7-17-34)48(73)60-30-43(68)61-39(23-24-45(70)71)51(76)65-42(29-35-18-8-5-9-19-35)52(77)63-37(20-10-13-25-55)49(74)62-38(21-11-14-26-56)50(75)64-40(54(79)80)22-12-15-27-57/h4-9,16-19,33,36-42,46,81H,3,10-15,20-32,55-58H2,1-2H3,(H,59,72)(H,60,73)(H,61,68)(H,62,74)(H,63,77)(H,64,75)(H,65,76)(H,66,78)(H,67,69)(H,70,71)(H,79,80)/t33-,36-,37-,38-,39-,40-,41-,42-,46-/m0/s1. The quantitative estimate of drug-likeness (QED) is 0.0247. The number of carboxylic acids is 2. The zero-order chi connectivity index (χ0) is 60.3. The lowest BCUT2D eigenvalue weighted by Gasteiger charge is -2.27. The van der Waals surface area contributed by atoms with E-state index in [4.69, 9.17) is 22.9 Å². The molecule has 9 amide bonds. The third kappa shape index (κ3) is 27.7. The van der Waals surface area contributed by atoms with Crippen LogP contribution in [0.4, 0.5) is 0 Å². The number of rotatable bonds is 41. The molecule has 0 spiro atoms. The Bertz CT molecular complexity index is 2340. The van der Waals surface area contributed by atoms with Gasteiger partial charge in [0.1, 0.15) is 42.3 Å². The van der Waals surface area contributed by atoms with Crippen LogP contribution < -0.4 is 70.8 Å². The second-order valence-electron chi connectivity index (χ2n) is 19.6. The fourth-order valence-corrected chi connectivity index (χ4v) is 8.29. The third-order valence-corrected chi connectivity index (χ3v) is 13.4. The van der Waals surface area contributed by atoms with Gasteiger partial charge in [-0.3, -0.25) is 47.9 Å². The van der Waals surface area contributed by atoms with Crippen molar-refractivity contribution in [2.75, 3.05) is 38.5 Å².